The first-order valence-electron chi connectivity index (χ1n) is 8.43. The molecule has 1 aliphatic rings. The third kappa shape index (κ3) is 4.19. The fourth-order valence-electron chi connectivity index (χ4n) is 3.12. The molecular weight excluding hydrogens is 316 g/mol. The maximum atomic E-state index is 12.4. The monoisotopic (exact) mass is 340 g/mol. The molecule has 1 saturated heterocycles. The fourth-order valence-corrected chi connectivity index (χ4v) is 4.05. The number of carbonyl (C=O) groups excluding carboxylic acids is 1. The van der Waals surface area contributed by atoms with E-state index in [0.29, 0.717) is 5.75 Å². The highest BCUT2D eigenvalue weighted by Crippen LogP contribution is 2.23. The Labute approximate surface area is 148 Å². The van der Waals surface area contributed by atoms with Crippen LogP contribution in [0.5, 0.6) is 0 Å². The Kier molecular flexibility index (Phi) is 5.94. The van der Waals surface area contributed by atoms with E-state index in [4.69, 9.17) is 0 Å². The van der Waals surface area contributed by atoms with Crippen LogP contribution >= 0.6 is 11.8 Å². The van der Waals surface area contributed by atoms with Crippen LogP contribution in [0.1, 0.15) is 5.56 Å². The number of hydrogen-bond donors (Lipinski definition) is 0. The number of thioether (sulfide) groups is 1. The molecule has 0 atom stereocenters. The second-order valence-electron chi connectivity index (χ2n) is 6.10. The molecule has 0 unspecified atom stereocenters. The molecule has 24 heavy (non-hydrogen) atoms. The molecule has 4 heteroatoms. The smallest absolute Gasteiger partial charge is 0.232 e. The minimum Gasteiger partial charge on any atom is -0.339 e. The predicted molar refractivity (Wildman–Crippen MR) is 103 cm³/mol. The van der Waals surface area contributed by atoms with E-state index in [-0.39, 0.29) is 5.91 Å². The van der Waals surface area contributed by atoms with Crippen molar-refractivity contribution in [1.82, 2.24) is 9.80 Å². The minimum absolute atomic E-state index is 0.262. The van der Waals surface area contributed by atoms with Gasteiger partial charge in [0.1, 0.15) is 0 Å². The van der Waals surface area contributed by atoms with Crippen LogP contribution in [0.3, 0.4) is 0 Å². The van der Waals surface area contributed by atoms with Gasteiger partial charge in [-0.3, -0.25) is 9.69 Å². The topological polar surface area (TPSA) is 23.6 Å². The first kappa shape index (κ1) is 17.1. The van der Waals surface area contributed by atoms with Crippen LogP contribution in [0.25, 0.3) is 10.8 Å². The molecule has 126 valence electrons. The third-order valence-corrected chi connectivity index (χ3v) is 5.44. The molecule has 1 heterocycles. The van der Waals surface area contributed by atoms with Gasteiger partial charge in [-0.15, -0.1) is 18.3 Å². The van der Waals surface area contributed by atoms with Crippen molar-refractivity contribution in [1.29, 1.82) is 0 Å². The van der Waals surface area contributed by atoms with Crippen molar-refractivity contribution < 1.29 is 4.79 Å². The Hall–Kier alpha value is -1.78. The SMILES string of the molecule is C=CCN1CCN(C(=O)CSCc2cccc3ccccc23)CC1. The Balaban J connectivity index is 1.49. The van der Waals surface area contributed by atoms with Gasteiger partial charge in [0, 0.05) is 38.5 Å². The second kappa shape index (κ2) is 8.36. The number of carbonyl (C=O) groups is 1. The molecule has 0 bridgehead atoms. The van der Waals surface area contributed by atoms with Crippen LogP contribution in [0.4, 0.5) is 0 Å². The molecule has 2 aromatic rings. The van der Waals surface area contributed by atoms with Crippen molar-refractivity contribution in [2.24, 2.45) is 0 Å². The summed E-state index contributed by atoms with van der Waals surface area (Å²) in [6, 6.07) is 14.8. The molecule has 0 aromatic heterocycles. The van der Waals surface area contributed by atoms with E-state index in [1.165, 1.54) is 16.3 Å². The first-order valence-corrected chi connectivity index (χ1v) is 9.59. The maximum absolute atomic E-state index is 12.4. The van der Waals surface area contributed by atoms with Crippen molar-refractivity contribution in [3.05, 3.63) is 60.7 Å². The quantitative estimate of drug-likeness (QED) is 0.753. The average molecular weight is 340 g/mol. The molecule has 3 rings (SSSR count). The van der Waals surface area contributed by atoms with Crippen molar-refractivity contribution in [3.8, 4) is 0 Å². The lowest BCUT2D eigenvalue weighted by Gasteiger charge is -2.34. The number of benzene rings is 2. The summed E-state index contributed by atoms with van der Waals surface area (Å²) in [6.45, 7) is 8.26. The molecule has 3 nitrogen and oxygen atoms in total. The molecule has 1 fully saturated rings. The van der Waals surface area contributed by atoms with Crippen LogP contribution in [0.2, 0.25) is 0 Å². The van der Waals surface area contributed by atoms with Gasteiger partial charge in [-0.05, 0) is 16.3 Å². The van der Waals surface area contributed by atoms with E-state index in [9.17, 15) is 4.79 Å². The summed E-state index contributed by atoms with van der Waals surface area (Å²) in [5.74, 6) is 1.70. The van der Waals surface area contributed by atoms with Gasteiger partial charge < -0.3 is 4.90 Å². The lowest BCUT2D eigenvalue weighted by atomic mass is 10.1. The average Bonchev–Trinajstić information content (AvgIpc) is 2.63. The van der Waals surface area contributed by atoms with Gasteiger partial charge in [-0.2, -0.15) is 0 Å². The van der Waals surface area contributed by atoms with Crippen molar-refractivity contribution >= 4 is 28.4 Å². The van der Waals surface area contributed by atoms with Crippen molar-refractivity contribution in [3.63, 3.8) is 0 Å². The van der Waals surface area contributed by atoms with Crippen LogP contribution in [0, 0.1) is 0 Å². The van der Waals surface area contributed by atoms with Gasteiger partial charge in [0.2, 0.25) is 5.91 Å². The lowest BCUT2D eigenvalue weighted by Crippen LogP contribution is -2.49. The van der Waals surface area contributed by atoms with Crippen LogP contribution < -0.4 is 0 Å². The minimum atomic E-state index is 0.262. The van der Waals surface area contributed by atoms with E-state index in [2.05, 4.69) is 53.9 Å². The fraction of sp³-hybridized carbons (Fsp3) is 0.350. The van der Waals surface area contributed by atoms with Gasteiger partial charge in [-0.1, -0.05) is 48.5 Å². The zero-order valence-electron chi connectivity index (χ0n) is 14.0. The maximum Gasteiger partial charge on any atom is 0.232 e. The second-order valence-corrected chi connectivity index (χ2v) is 7.09. The number of nitrogens with zero attached hydrogens (tertiary/aromatic N) is 2. The van der Waals surface area contributed by atoms with Gasteiger partial charge >= 0.3 is 0 Å². The van der Waals surface area contributed by atoms with Gasteiger partial charge in [0.25, 0.3) is 0 Å². The first-order chi connectivity index (χ1) is 11.8. The largest absolute Gasteiger partial charge is 0.339 e. The number of hydrogen-bond acceptors (Lipinski definition) is 3. The zero-order valence-corrected chi connectivity index (χ0v) is 14.8. The van der Waals surface area contributed by atoms with Crippen LogP contribution in [-0.2, 0) is 10.5 Å². The molecule has 0 aliphatic carbocycles. The van der Waals surface area contributed by atoms with E-state index < -0.39 is 0 Å². The normalized spacial score (nSPS) is 15.6. The van der Waals surface area contributed by atoms with Crippen molar-refractivity contribution in [2.75, 3.05) is 38.5 Å². The summed E-state index contributed by atoms with van der Waals surface area (Å²) in [7, 11) is 0. The molecule has 0 N–H and O–H groups in total. The number of piperazine rings is 1. The number of rotatable bonds is 6. The Morgan fingerprint density at radius 1 is 1.08 bits per heavy atom. The highest BCUT2D eigenvalue weighted by molar-refractivity contribution is 7.99. The Morgan fingerprint density at radius 3 is 2.62 bits per heavy atom. The number of amides is 1. The summed E-state index contributed by atoms with van der Waals surface area (Å²) in [4.78, 5) is 16.7. The molecule has 1 aliphatic heterocycles. The standard InChI is InChI=1S/C20H24N2OS/c1-2-10-21-11-13-22(14-12-21)20(23)16-24-15-18-8-5-7-17-6-3-4-9-19(17)18/h2-9H,1,10-16H2. The van der Waals surface area contributed by atoms with Gasteiger partial charge in [0.15, 0.2) is 0 Å². The Morgan fingerprint density at radius 2 is 1.83 bits per heavy atom. The predicted octanol–water partition coefficient (Wildman–Crippen LogP) is 3.40. The molecular formula is C20H24N2OS. The molecule has 1 amide bonds. The third-order valence-electron chi connectivity index (χ3n) is 4.48. The summed E-state index contributed by atoms with van der Waals surface area (Å²) in [5.41, 5.74) is 1.31. The van der Waals surface area contributed by atoms with E-state index >= 15 is 0 Å². The summed E-state index contributed by atoms with van der Waals surface area (Å²) < 4.78 is 0. The lowest BCUT2D eigenvalue weighted by molar-refractivity contribution is -0.129. The molecule has 0 saturated carbocycles. The Bertz CT molecular complexity index is 702. The summed E-state index contributed by atoms with van der Waals surface area (Å²) in [6.07, 6.45) is 1.93. The van der Waals surface area contributed by atoms with Crippen LogP contribution in [-0.4, -0.2) is 54.2 Å². The van der Waals surface area contributed by atoms with Gasteiger partial charge in [0.05, 0.1) is 5.75 Å². The summed E-state index contributed by atoms with van der Waals surface area (Å²) >= 11 is 1.71. The molecule has 2 aromatic carbocycles. The highest BCUT2D eigenvalue weighted by atomic mass is 32.2. The summed E-state index contributed by atoms with van der Waals surface area (Å²) in [5, 5.41) is 2.55. The van der Waals surface area contributed by atoms with Crippen LogP contribution in [0.15, 0.2) is 55.1 Å². The molecule has 0 spiro atoms. The highest BCUT2D eigenvalue weighted by Gasteiger charge is 2.20. The number of fused-ring (bicyclic) bond motifs is 1. The zero-order chi connectivity index (χ0) is 16.8. The van der Waals surface area contributed by atoms with E-state index in [0.717, 1.165) is 38.5 Å². The molecule has 0 radical (unpaired) electrons. The van der Waals surface area contributed by atoms with Crippen molar-refractivity contribution in [2.45, 2.75) is 5.75 Å². The van der Waals surface area contributed by atoms with Gasteiger partial charge in [-0.25, -0.2) is 0 Å². The van der Waals surface area contributed by atoms with E-state index in [1.807, 2.05) is 11.0 Å². The van der Waals surface area contributed by atoms with E-state index in [1.54, 1.807) is 11.8 Å².